The molecule has 2 aromatic rings. The van der Waals surface area contributed by atoms with Gasteiger partial charge in [0.15, 0.2) is 0 Å². The summed E-state index contributed by atoms with van der Waals surface area (Å²) < 4.78 is 5.18. The van der Waals surface area contributed by atoms with Crippen LogP contribution in [0.2, 0.25) is 0 Å². The van der Waals surface area contributed by atoms with Crippen LogP contribution in [-0.2, 0) is 0 Å². The molecule has 1 aromatic heterocycles. The SMILES string of the molecule is COc1ccc(Nc2ccncc2C(=O)O)cc1C. The minimum Gasteiger partial charge on any atom is -0.496 e. The maximum atomic E-state index is 11.1. The maximum absolute atomic E-state index is 11.1. The van der Waals surface area contributed by atoms with Gasteiger partial charge in [-0.05, 0) is 36.8 Å². The largest absolute Gasteiger partial charge is 0.496 e. The van der Waals surface area contributed by atoms with Gasteiger partial charge >= 0.3 is 5.97 Å². The van der Waals surface area contributed by atoms with Crippen molar-refractivity contribution in [3.63, 3.8) is 0 Å². The summed E-state index contributed by atoms with van der Waals surface area (Å²) >= 11 is 0. The van der Waals surface area contributed by atoms with Crippen molar-refractivity contribution in [1.29, 1.82) is 0 Å². The van der Waals surface area contributed by atoms with Gasteiger partial charge in [-0.25, -0.2) is 4.79 Å². The molecular formula is C14H14N2O3. The van der Waals surface area contributed by atoms with Crippen molar-refractivity contribution in [1.82, 2.24) is 4.98 Å². The quantitative estimate of drug-likeness (QED) is 0.882. The number of aryl methyl sites for hydroxylation is 1. The van der Waals surface area contributed by atoms with Crippen LogP contribution in [0.1, 0.15) is 15.9 Å². The van der Waals surface area contributed by atoms with Crippen molar-refractivity contribution in [2.75, 3.05) is 12.4 Å². The van der Waals surface area contributed by atoms with E-state index in [0.29, 0.717) is 5.69 Å². The third-order valence-corrected chi connectivity index (χ3v) is 2.73. The van der Waals surface area contributed by atoms with Gasteiger partial charge in [-0.2, -0.15) is 0 Å². The number of ether oxygens (including phenoxy) is 1. The highest BCUT2D eigenvalue weighted by atomic mass is 16.5. The molecule has 0 unspecified atom stereocenters. The number of nitrogens with zero attached hydrogens (tertiary/aromatic N) is 1. The van der Waals surface area contributed by atoms with Crippen LogP contribution in [0.4, 0.5) is 11.4 Å². The third kappa shape index (κ3) is 2.82. The summed E-state index contributed by atoms with van der Waals surface area (Å²) in [5, 5.41) is 12.2. The fourth-order valence-corrected chi connectivity index (χ4v) is 1.79. The molecule has 0 amide bonds. The predicted molar refractivity (Wildman–Crippen MR) is 72.2 cm³/mol. The van der Waals surface area contributed by atoms with Crippen LogP contribution in [0, 0.1) is 6.92 Å². The van der Waals surface area contributed by atoms with Gasteiger partial charge in [0.05, 0.1) is 12.8 Å². The molecule has 1 aromatic carbocycles. The van der Waals surface area contributed by atoms with Crippen LogP contribution in [0.15, 0.2) is 36.7 Å². The second-order valence-corrected chi connectivity index (χ2v) is 4.04. The number of anilines is 2. The molecule has 0 radical (unpaired) electrons. The standard InChI is InChI=1S/C14H14N2O3/c1-9-7-10(3-4-13(9)19-2)16-12-5-6-15-8-11(12)14(17)18/h3-8H,1-2H3,(H,15,16)(H,17,18). The second kappa shape index (κ2) is 5.39. The van der Waals surface area contributed by atoms with Crippen LogP contribution in [0.25, 0.3) is 0 Å². The first-order valence-electron chi connectivity index (χ1n) is 5.71. The van der Waals surface area contributed by atoms with Gasteiger partial charge < -0.3 is 15.2 Å². The fraction of sp³-hybridized carbons (Fsp3) is 0.143. The van der Waals surface area contributed by atoms with Crippen LogP contribution in [0.5, 0.6) is 5.75 Å². The van der Waals surface area contributed by atoms with E-state index in [1.54, 1.807) is 19.4 Å². The Morgan fingerprint density at radius 3 is 2.79 bits per heavy atom. The second-order valence-electron chi connectivity index (χ2n) is 4.04. The molecule has 0 aliphatic heterocycles. The summed E-state index contributed by atoms with van der Waals surface area (Å²) in [7, 11) is 1.61. The molecule has 0 aliphatic rings. The molecule has 19 heavy (non-hydrogen) atoms. The Bertz CT molecular complexity index is 611. The van der Waals surface area contributed by atoms with E-state index in [2.05, 4.69) is 10.3 Å². The van der Waals surface area contributed by atoms with E-state index in [1.807, 2.05) is 25.1 Å². The molecule has 0 atom stereocenters. The van der Waals surface area contributed by atoms with Crippen molar-refractivity contribution in [3.8, 4) is 5.75 Å². The number of rotatable bonds is 4. The van der Waals surface area contributed by atoms with Crippen molar-refractivity contribution >= 4 is 17.3 Å². The van der Waals surface area contributed by atoms with Crippen molar-refractivity contribution < 1.29 is 14.6 Å². The Morgan fingerprint density at radius 1 is 1.37 bits per heavy atom. The monoisotopic (exact) mass is 258 g/mol. The first kappa shape index (κ1) is 12.9. The van der Waals surface area contributed by atoms with Crippen molar-refractivity contribution in [2.45, 2.75) is 6.92 Å². The number of aromatic carboxylic acids is 1. The number of aromatic nitrogens is 1. The summed E-state index contributed by atoms with van der Waals surface area (Å²) in [5.41, 5.74) is 2.41. The highest BCUT2D eigenvalue weighted by Gasteiger charge is 2.10. The number of carbonyl (C=O) groups is 1. The molecule has 0 saturated carbocycles. The molecule has 1 heterocycles. The minimum absolute atomic E-state index is 0.135. The zero-order valence-corrected chi connectivity index (χ0v) is 10.7. The lowest BCUT2D eigenvalue weighted by Crippen LogP contribution is -2.03. The number of methoxy groups -OCH3 is 1. The first-order valence-corrected chi connectivity index (χ1v) is 5.71. The average molecular weight is 258 g/mol. The topological polar surface area (TPSA) is 71.5 Å². The van der Waals surface area contributed by atoms with Gasteiger partial charge in [-0.1, -0.05) is 0 Å². The van der Waals surface area contributed by atoms with Crippen LogP contribution >= 0.6 is 0 Å². The van der Waals surface area contributed by atoms with E-state index in [4.69, 9.17) is 9.84 Å². The van der Waals surface area contributed by atoms with Crippen LogP contribution in [0.3, 0.4) is 0 Å². The smallest absolute Gasteiger partial charge is 0.339 e. The number of hydrogen-bond acceptors (Lipinski definition) is 4. The van der Waals surface area contributed by atoms with Crippen LogP contribution in [-0.4, -0.2) is 23.2 Å². The van der Waals surface area contributed by atoms with Gasteiger partial charge in [-0.15, -0.1) is 0 Å². The normalized spacial score (nSPS) is 10.0. The summed E-state index contributed by atoms with van der Waals surface area (Å²) in [6.07, 6.45) is 2.87. The lowest BCUT2D eigenvalue weighted by molar-refractivity contribution is 0.0697. The molecule has 98 valence electrons. The number of carboxylic acids is 1. The van der Waals surface area contributed by atoms with E-state index in [-0.39, 0.29) is 5.56 Å². The van der Waals surface area contributed by atoms with E-state index in [9.17, 15) is 4.79 Å². The molecule has 5 heteroatoms. The van der Waals surface area contributed by atoms with Gasteiger partial charge in [0.25, 0.3) is 0 Å². The molecular weight excluding hydrogens is 244 g/mol. The van der Waals surface area contributed by atoms with Gasteiger partial charge in [0, 0.05) is 18.1 Å². The number of nitrogens with one attached hydrogen (secondary N) is 1. The zero-order chi connectivity index (χ0) is 13.8. The van der Waals surface area contributed by atoms with Gasteiger partial charge in [0.1, 0.15) is 11.3 Å². The molecule has 0 fully saturated rings. The molecule has 0 bridgehead atoms. The zero-order valence-electron chi connectivity index (χ0n) is 10.7. The predicted octanol–water partition coefficient (Wildman–Crippen LogP) is 2.84. The van der Waals surface area contributed by atoms with E-state index in [0.717, 1.165) is 17.0 Å². The third-order valence-electron chi connectivity index (χ3n) is 2.73. The molecule has 5 nitrogen and oxygen atoms in total. The Morgan fingerprint density at radius 2 is 2.16 bits per heavy atom. The first-order chi connectivity index (χ1) is 9.11. The number of benzene rings is 1. The molecule has 2 rings (SSSR count). The van der Waals surface area contributed by atoms with E-state index < -0.39 is 5.97 Å². The summed E-state index contributed by atoms with van der Waals surface area (Å²) in [6.45, 7) is 1.93. The van der Waals surface area contributed by atoms with Crippen molar-refractivity contribution in [3.05, 3.63) is 47.8 Å². The lowest BCUT2D eigenvalue weighted by atomic mass is 10.1. The Hall–Kier alpha value is -2.56. The Kier molecular flexibility index (Phi) is 3.66. The molecule has 2 N–H and O–H groups in total. The van der Waals surface area contributed by atoms with E-state index >= 15 is 0 Å². The summed E-state index contributed by atoms with van der Waals surface area (Å²) in [4.78, 5) is 14.9. The number of carboxylic acid groups (broad SMARTS) is 1. The summed E-state index contributed by atoms with van der Waals surface area (Å²) in [6, 6.07) is 7.19. The summed E-state index contributed by atoms with van der Waals surface area (Å²) in [5.74, 6) is -0.223. The van der Waals surface area contributed by atoms with Crippen LogP contribution < -0.4 is 10.1 Å². The van der Waals surface area contributed by atoms with Gasteiger partial charge in [-0.3, -0.25) is 4.98 Å². The highest BCUT2D eigenvalue weighted by Crippen LogP contribution is 2.25. The molecule has 0 aliphatic carbocycles. The Labute approximate surface area is 110 Å². The molecule has 0 saturated heterocycles. The van der Waals surface area contributed by atoms with Gasteiger partial charge in [0.2, 0.25) is 0 Å². The highest BCUT2D eigenvalue weighted by molar-refractivity contribution is 5.94. The maximum Gasteiger partial charge on any atom is 0.339 e. The minimum atomic E-state index is -1.01. The lowest BCUT2D eigenvalue weighted by Gasteiger charge is -2.11. The fourth-order valence-electron chi connectivity index (χ4n) is 1.79. The Balaban J connectivity index is 2.31. The number of hydrogen-bond donors (Lipinski definition) is 2. The average Bonchev–Trinajstić information content (AvgIpc) is 2.39. The molecule has 0 spiro atoms. The van der Waals surface area contributed by atoms with Crippen molar-refractivity contribution in [2.24, 2.45) is 0 Å². The van der Waals surface area contributed by atoms with E-state index in [1.165, 1.54) is 6.20 Å². The number of pyridine rings is 1.